The van der Waals surface area contributed by atoms with E-state index >= 15 is 0 Å². The zero-order chi connectivity index (χ0) is 13.7. The van der Waals surface area contributed by atoms with Gasteiger partial charge in [0.2, 0.25) is 0 Å². The van der Waals surface area contributed by atoms with E-state index in [4.69, 9.17) is 11.6 Å². The van der Waals surface area contributed by atoms with Crippen LogP contribution >= 0.6 is 23.4 Å². The first-order valence-corrected chi connectivity index (χ1v) is 8.67. The SMILES string of the molecule is CCCNC(CSC1CCCC1)c1c(Cl)cnn1C. The third kappa shape index (κ3) is 4.14. The summed E-state index contributed by atoms with van der Waals surface area (Å²) in [4.78, 5) is 0. The van der Waals surface area contributed by atoms with Crippen LogP contribution in [0.4, 0.5) is 0 Å². The molecule has 1 N–H and O–H groups in total. The predicted molar refractivity (Wildman–Crippen MR) is 84.0 cm³/mol. The van der Waals surface area contributed by atoms with Crippen LogP contribution in [-0.4, -0.2) is 27.3 Å². The number of thioether (sulfide) groups is 1. The number of halogens is 1. The van der Waals surface area contributed by atoms with Crippen LogP contribution in [0.25, 0.3) is 0 Å². The largest absolute Gasteiger partial charge is 0.308 e. The number of nitrogens with zero attached hydrogens (tertiary/aromatic N) is 2. The van der Waals surface area contributed by atoms with E-state index in [-0.39, 0.29) is 0 Å². The monoisotopic (exact) mass is 301 g/mol. The van der Waals surface area contributed by atoms with Gasteiger partial charge in [0, 0.05) is 18.1 Å². The Labute approximate surface area is 125 Å². The maximum absolute atomic E-state index is 6.28. The Morgan fingerprint density at radius 3 is 2.84 bits per heavy atom. The lowest BCUT2D eigenvalue weighted by molar-refractivity contribution is 0.534. The Hall–Kier alpha value is -0.190. The minimum atomic E-state index is 0.311. The number of aryl methyl sites for hydroxylation is 1. The summed E-state index contributed by atoms with van der Waals surface area (Å²) in [5.41, 5.74) is 1.13. The summed E-state index contributed by atoms with van der Waals surface area (Å²) in [5, 5.41) is 9.50. The van der Waals surface area contributed by atoms with Crippen LogP contribution in [0.3, 0.4) is 0 Å². The van der Waals surface area contributed by atoms with Gasteiger partial charge in [-0.15, -0.1) is 0 Å². The summed E-state index contributed by atoms with van der Waals surface area (Å²) in [5.74, 6) is 1.09. The van der Waals surface area contributed by atoms with Crippen molar-refractivity contribution in [1.29, 1.82) is 0 Å². The van der Waals surface area contributed by atoms with Crippen molar-refractivity contribution in [2.75, 3.05) is 12.3 Å². The maximum Gasteiger partial charge on any atom is 0.0834 e. The summed E-state index contributed by atoms with van der Waals surface area (Å²) in [7, 11) is 1.97. The molecule has 1 aliphatic rings. The van der Waals surface area contributed by atoms with Gasteiger partial charge in [-0.3, -0.25) is 4.68 Å². The van der Waals surface area contributed by atoms with Crippen LogP contribution in [-0.2, 0) is 7.05 Å². The van der Waals surface area contributed by atoms with Gasteiger partial charge in [0.15, 0.2) is 0 Å². The molecule has 108 valence electrons. The molecule has 0 spiro atoms. The fraction of sp³-hybridized carbons (Fsp3) is 0.786. The molecular formula is C14H24ClN3S. The molecular weight excluding hydrogens is 278 g/mol. The molecule has 1 fully saturated rings. The first-order chi connectivity index (χ1) is 9.22. The molecule has 1 atom stereocenters. The van der Waals surface area contributed by atoms with E-state index in [2.05, 4.69) is 29.1 Å². The Kier molecular flexibility index (Phi) is 6.05. The second kappa shape index (κ2) is 7.55. The third-order valence-electron chi connectivity index (χ3n) is 3.71. The van der Waals surface area contributed by atoms with Crippen molar-refractivity contribution >= 4 is 23.4 Å². The highest BCUT2D eigenvalue weighted by Gasteiger charge is 2.22. The topological polar surface area (TPSA) is 29.9 Å². The molecule has 0 aromatic carbocycles. The summed E-state index contributed by atoms with van der Waals surface area (Å²) in [6.07, 6.45) is 8.45. The molecule has 19 heavy (non-hydrogen) atoms. The molecule has 1 saturated carbocycles. The second-order valence-electron chi connectivity index (χ2n) is 5.25. The highest BCUT2D eigenvalue weighted by molar-refractivity contribution is 7.99. The number of hydrogen-bond acceptors (Lipinski definition) is 3. The Morgan fingerprint density at radius 1 is 1.53 bits per heavy atom. The molecule has 5 heteroatoms. The summed E-state index contributed by atoms with van der Waals surface area (Å²) in [6, 6.07) is 0.311. The first-order valence-electron chi connectivity index (χ1n) is 7.24. The predicted octanol–water partition coefficient (Wildman–Crippen LogP) is 3.79. The van der Waals surface area contributed by atoms with Crippen molar-refractivity contribution < 1.29 is 0 Å². The van der Waals surface area contributed by atoms with Gasteiger partial charge >= 0.3 is 0 Å². The Bertz CT molecular complexity index is 369. The van der Waals surface area contributed by atoms with Crippen molar-refractivity contribution in [2.45, 2.75) is 50.3 Å². The van der Waals surface area contributed by atoms with E-state index in [0.717, 1.165) is 34.7 Å². The summed E-state index contributed by atoms with van der Waals surface area (Å²) < 4.78 is 1.91. The van der Waals surface area contributed by atoms with Crippen LogP contribution in [0.1, 0.15) is 50.8 Å². The number of nitrogens with one attached hydrogen (secondary N) is 1. The zero-order valence-corrected chi connectivity index (χ0v) is 13.4. The molecule has 1 heterocycles. The molecule has 0 saturated heterocycles. The van der Waals surface area contributed by atoms with Crippen LogP contribution in [0, 0.1) is 0 Å². The highest BCUT2D eigenvalue weighted by atomic mass is 35.5. The molecule has 1 aromatic rings. The van der Waals surface area contributed by atoms with Crippen LogP contribution in [0.15, 0.2) is 6.20 Å². The lowest BCUT2D eigenvalue weighted by Gasteiger charge is -2.21. The van der Waals surface area contributed by atoms with Gasteiger partial charge in [-0.25, -0.2) is 0 Å². The summed E-state index contributed by atoms with van der Waals surface area (Å²) >= 11 is 8.38. The van der Waals surface area contributed by atoms with Gasteiger partial charge in [0.05, 0.1) is 23.0 Å². The fourth-order valence-corrected chi connectivity index (χ4v) is 4.36. The molecule has 1 aromatic heterocycles. The van der Waals surface area contributed by atoms with Gasteiger partial charge < -0.3 is 5.32 Å². The van der Waals surface area contributed by atoms with Gasteiger partial charge in [-0.2, -0.15) is 16.9 Å². The van der Waals surface area contributed by atoms with Crippen molar-refractivity contribution in [3.05, 3.63) is 16.9 Å². The quantitative estimate of drug-likeness (QED) is 0.831. The third-order valence-corrected chi connectivity index (χ3v) is 5.47. The number of rotatable bonds is 7. The minimum Gasteiger partial charge on any atom is -0.308 e. The molecule has 0 aliphatic heterocycles. The smallest absolute Gasteiger partial charge is 0.0834 e. The van der Waals surface area contributed by atoms with Gasteiger partial charge in [0.25, 0.3) is 0 Å². The standard InChI is InChI=1S/C14H24ClN3S/c1-3-8-16-13(10-19-11-6-4-5-7-11)14-12(15)9-17-18(14)2/h9,11,13,16H,3-8,10H2,1-2H3. The minimum absolute atomic E-state index is 0.311. The van der Waals surface area contributed by atoms with E-state index in [0.29, 0.717) is 6.04 Å². The van der Waals surface area contributed by atoms with E-state index in [1.54, 1.807) is 6.20 Å². The molecule has 0 bridgehead atoms. The number of hydrogen-bond donors (Lipinski definition) is 1. The molecule has 0 radical (unpaired) electrons. The fourth-order valence-electron chi connectivity index (χ4n) is 2.65. The van der Waals surface area contributed by atoms with Crippen LogP contribution < -0.4 is 5.32 Å². The summed E-state index contributed by atoms with van der Waals surface area (Å²) in [6.45, 7) is 3.22. The first kappa shape index (κ1) is 15.2. The number of aromatic nitrogens is 2. The van der Waals surface area contributed by atoms with Gasteiger partial charge in [-0.05, 0) is 25.8 Å². The Morgan fingerprint density at radius 2 is 2.26 bits per heavy atom. The molecule has 1 aliphatic carbocycles. The van der Waals surface area contributed by atoms with E-state index in [1.807, 2.05) is 11.7 Å². The van der Waals surface area contributed by atoms with Crippen LogP contribution in [0.2, 0.25) is 5.02 Å². The second-order valence-corrected chi connectivity index (χ2v) is 6.99. The van der Waals surface area contributed by atoms with Crippen molar-refractivity contribution in [3.63, 3.8) is 0 Å². The van der Waals surface area contributed by atoms with E-state index in [9.17, 15) is 0 Å². The van der Waals surface area contributed by atoms with Gasteiger partial charge in [0.1, 0.15) is 0 Å². The average Bonchev–Trinajstić information content (AvgIpc) is 3.02. The molecule has 3 nitrogen and oxygen atoms in total. The van der Waals surface area contributed by atoms with Crippen LogP contribution in [0.5, 0.6) is 0 Å². The molecule has 1 unspecified atom stereocenters. The molecule has 0 amide bonds. The normalized spacial score (nSPS) is 18.1. The maximum atomic E-state index is 6.28. The molecule has 2 rings (SSSR count). The zero-order valence-electron chi connectivity index (χ0n) is 11.9. The van der Waals surface area contributed by atoms with Crippen molar-refractivity contribution in [2.24, 2.45) is 7.05 Å². The van der Waals surface area contributed by atoms with E-state index < -0.39 is 0 Å². The Balaban J connectivity index is 1.98. The van der Waals surface area contributed by atoms with E-state index in [1.165, 1.54) is 25.7 Å². The highest BCUT2D eigenvalue weighted by Crippen LogP contribution is 2.33. The van der Waals surface area contributed by atoms with Crippen molar-refractivity contribution in [1.82, 2.24) is 15.1 Å². The van der Waals surface area contributed by atoms with Crippen molar-refractivity contribution in [3.8, 4) is 0 Å². The lowest BCUT2D eigenvalue weighted by Crippen LogP contribution is -2.27. The lowest BCUT2D eigenvalue weighted by atomic mass is 10.2. The average molecular weight is 302 g/mol. The van der Waals surface area contributed by atoms with Gasteiger partial charge in [-0.1, -0.05) is 31.4 Å².